The van der Waals surface area contributed by atoms with Gasteiger partial charge in [0.05, 0.1) is 0 Å². The molecule has 0 aliphatic rings. The molecule has 0 spiro atoms. The van der Waals surface area contributed by atoms with E-state index in [1.165, 1.54) is 292 Å². The fourth-order valence-electron chi connectivity index (χ4n) is 19.6. The molecule has 0 aliphatic carbocycles. The summed E-state index contributed by atoms with van der Waals surface area (Å²) in [6.07, 6.45) is 17.7. The Morgan fingerprint density at radius 2 is 0.300 bits per heavy atom. The van der Waals surface area contributed by atoms with Crippen molar-refractivity contribution in [3.05, 3.63) is 130 Å². The van der Waals surface area contributed by atoms with Crippen molar-refractivity contribution in [2.24, 2.45) is 0 Å². The van der Waals surface area contributed by atoms with Gasteiger partial charge in [-0.15, -0.1) is 0 Å². The van der Waals surface area contributed by atoms with Crippen molar-refractivity contribution in [1.82, 2.24) is 19.9 Å². The highest BCUT2D eigenvalue weighted by Gasteiger charge is 2.39. The lowest BCUT2D eigenvalue weighted by Crippen LogP contribution is -2.05. The number of benzene rings is 20. The largest absolute Gasteiger partial charge is 0.263 e. The lowest BCUT2D eigenvalue weighted by Gasteiger charge is -2.33. The molecule has 80 heavy (non-hydrogen) atoms. The quantitative estimate of drug-likeness (QED) is 0.112. The van der Waals surface area contributed by atoms with E-state index in [0.29, 0.717) is 0 Å². The summed E-state index contributed by atoms with van der Waals surface area (Å²) in [5.41, 5.74) is 10.7. The predicted molar refractivity (Wildman–Crippen MR) is 344 cm³/mol. The molecule has 0 N–H and O–H groups in total. The molecule has 4 heteroatoms. The fourth-order valence-corrected chi connectivity index (χ4v) is 19.6. The molecule has 4 nitrogen and oxygen atoms in total. The van der Waals surface area contributed by atoms with Crippen LogP contribution in [0.15, 0.2) is 86.0 Å². The molecular formula is C76H38N4. The number of rotatable bonds is 0. The first-order chi connectivity index (χ1) is 39.1. The number of hydrogen-bond acceptors (Lipinski definition) is 4. The number of aryl methyl sites for hydroxylation is 8. The highest BCUT2D eigenvalue weighted by atomic mass is 14.6. The molecular weight excluding hydrogens is 969 g/mol. The van der Waals surface area contributed by atoms with Crippen LogP contribution < -0.4 is 0 Å². The van der Waals surface area contributed by atoms with Gasteiger partial charge in [0.15, 0.2) is 0 Å². The van der Waals surface area contributed by atoms with Crippen molar-refractivity contribution in [1.29, 1.82) is 0 Å². The summed E-state index contributed by atoms with van der Waals surface area (Å²) >= 11 is 0. The Morgan fingerprint density at radius 3 is 0.500 bits per heavy atom. The summed E-state index contributed by atoms with van der Waals surface area (Å²) in [5.74, 6) is 0. The molecule has 4 heterocycles. The van der Waals surface area contributed by atoms with Gasteiger partial charge in [-0.1, -0.05) is 24.3 Å². The maximum atomic E-state index is 5.33. The molecule has 0 aliphatic heterocycles. The van der Waals surface area contributed by atoms with E-state index in [0.717, 1.165) is 0 Å². The summed E-state index contributed by atoms with van der Waals surface area (Å²) in [4.78, 5) is 21.3. The SMILES string of the molecule is Cc1cc2c3cncc4c5cc6c7cncc8c9cc(C)c(C)c%10c%11c(C)c(C)cc%12c%13cncc%14c%15cc%16c%17cncc%18c%19cc(C)c(C)c%20c(c1C)c2c1c(c34)c2c5c3c6c4c(c87)c(c9%10)c(c%12%11)c(c%13%14)c4c%15c3c%16c2c(c%18%17)c1c%19%20. The van der Waals surface area contributed by atoms with Crippen LogP contribution in [0.3, 0.4) is 0 Å². The van der Waals surface area contributed by atoms with Gasteiger partial charge < -0.3 is 0 Å². The number of pyridine rings is 4. The van der Waals surface area contributed by atoms with Gasteiger partial charge in [0.2, 0.25) is 0 Å². The summed E-state index contributed by atoms with van der Waals surface area (Å²) in [6, 6.07) is 15.3. The van der Waals surface area contributed by atoms with E-state index in [9.17, 15) is 0 Å². The Hall–Kier alpha value is -9.64. The van der Waals surface area contributed by atoms with Crippen LogP contribution in [0.25, 0.3) is 248 Å². The standard InChI is InChI=1S/C76H38N4/c1-23-9-31-39-15-77-19-43-35-13-36-45-21-79-17-41-33-11-25(3)29(7)49-50-30(8)26(4)12-34-42-18-80-22-46-38-14-37-44-20-78-16-40-32-10-24(2)28(6)48-47(27(23)5)55(31)69-63(51(39)43)73-59(35)67-61(36)75-65(53(41)45)71(57(33)49)72(58(34)50)66(54(42)46)76(75)62(38)68(67)60(37)74(73)64(52(40)44)70(69)56(32)48/h9-22H,1-8H3. The minimum Gasteiger partial charge on any atom is -0.263 e. The first-order valence-electron chi connectivity index (χ1n) is 28.6. The third-order valence-electron chi connectivity index (χ3n) is 22.9. The van der Waals surface area contributed by atoms with E-state index in [2.05, 4.69) is 141 Å². The monoisotopic (exact) mass is 1010 g/mol. The Balaban J connectivity index is 1.15. The van der Waals surface area contributed by atoms with Crippen LogP contribution in [-0.2, 0) is 0 Å². The third kappa shape index (κ3) is 3.30. The normalized spacial score (nSPS) is 14.2. The van der Waals surface area contributed by atoms with Crippen LogP contribution in [0, 0.1) is 55.4 Å². The first-order valence-corrected chi connectivity index (χ1v) is 28.6. The lowest BCUT2D eigenvalue weighted by atomic mass is 9.69. The molecule has 0 saturated heterocycles. The molecule has 24 aromatic rings. The molecule has 0 atom stereocenters. The molecule has 0 fully saturated rings. The Morgan fingerprint density at radius 1 is 0.150 bits per heavy atom. The zero-order chi connectivity index (χ0) is 51.9. The van der Waals surface area contributed by atoms with Crippen molar-refractivity contribution in [3.8, 4) is 0 Å². The molecule has 24 rings (SSSR count). The average molecular weight is 1010 g/mol. The molecule has 20 aromatic carbocycles. The van der Waals surface area contributed by atoms with Crippen molar-refractivity contribution >= 4 is 248 Å². The van der Waals surface area contributed by atoms with Gasteiger partial charge in [-0.2, -0.15) is 0 Å². The smallest absolute Gasteiger partial charge is 0.0353 e. The topological polar surface area (TPSA) is 51.6 Å². The minimum atomic E-state index is 1.24. The number of aromatic nitrogens is 4. The van der Waals surface area contributed by atoms with E-state index >= 15 is 0 Å². The number of hydrogen-bond donors (Lipinski definition) is 0. The Labute approximate surface area is 451 Å². The van der Waals surface area contributed by atoms with Crippen LogP contribution in [-0.4, -0.2) is 19.9 Å². The van der Waals surface area contributed by atoms with Crippen molar-refractivity contribution in [2.75, 3.05) is 0 Å². The van der Waals surface area contributed by atoms with Gasteiger partial charge in [0.25, 0.3) is 0 Å². The van der Waals surface area contributed by atoms with Gasteiger partial charge in [0.1, 0.15) is 0 Å². The molecule has 0 bridgehead atoms. The Kier molecular flexibility index (Phi) is 5.42. The van der Waals surface area contributed by atoms with Crippen molar-refractivity contribution in [3.63, 3.8) is 0 Å². The second-order valence-corrected chi connectivity index (χ2v) is 25.6. The maximum absolute atomic E-state index is 5.33. The second-order valence-electron chi connectivity index (χ2n) is 25.6. The summed E-state index contributed by atoms with van der Waals surface area (Å²) in [7, 11) is 0. The van der Waals surface area contributed by atoms with Gasteiger partial charge >= 0.3 is 0 Å². The fraction of sp³-hybridized carbons (Fsp3) is 0.105. The third-order valence-corrected chi connectivity index (χ3v) is 22.9. The van der Waals surface area contributed by atoms with Gasteiger partial charge in [0, 0.05) is 136 Å². The summed E-state index contributed by atoms with van der Waals surface area (Å²) in [6.45, 7) is 18.8. The van der Waals surface area contributed by atoms with E-state index in [1.54, 1.807) is 0 Å². The van der Waals surface area contributed by atoms with Gasteiger partial charge in [-0.3, -0.25) is 19.9 Å². The summed E-state index contributed by atoms with van der Waals surface area (Å²) in [5, 5.41) is 62.1. The van der Waals surface area contributed by atoms with Crippen LogP contribution in [0.1, 0.15) is 44.5 Å². The van der Waals surface area contributed by atoms with Gasteiger partial charge in [-0.05, 0) is 274 Å². The zero-order valence-electron chi connectivity index (χ0n) is 44.9. The highest BCUT2D eigenvalue weighted by Crippen LogP contribution is 2.67. The molecule has 0 amide bonds. The van der Waals surface area contributed by atoms with Crippen molar-refractivity contribution in [2.45, 2.75) is 55.4 Å². The highest BCUT2D eigenvalue weighted by molar-refractivity contribution is 6.68. The van der Waals surface area contributed by atoms with Crippen LogP contribution in [0.2, 0.25) is 0 Å². The van der Waals surface area contributed by atoms with E-state index in [1.807, 2.05) is 0 Å². The van der Waals surface area contributed by atoms with E-state index in [4.69, 9.17) is 19.9 Å². The average Bonchev–Trinajstić information content (AvgIpc) is 0.862. The minimum absolute atomic E-state index is 1.24. The maximum Gasteiger partial charge on any atom is 0.0353 e. The zero-order valence-corrected chi connectivity index (χ0v) is 44.9. The van der Waals surface area contributed by atoms with E-state index < -0.39 is 0 Å². The van der Waals surface area contributed by atoms with Gasteiger partial charge in [-0.25, -0.2) is 0 Å². The van der Waals surface area contributed by atoms with Crippen LogP contribution in [0.5, 0.6) is 0 Å². The molecule has 0 saturated carbocycles. The summed E-state index contributed by atoms with van der Waals surface area (Å²) < 4.78 is 0. The predicted octanol–water partition coefficient (Wildman–Crippen LogP) is 20.9. The van der Waals surface area contributed by atoms with Crippen LogP contribution >= 0.6 is 0 Å². The Bertz CT molecular complexity index is 6280. The molecule has 0 radical (unpaired) electrons. The number of fused-ring (bicyclic) bond motifs is 10. The second kappa shape index (κ2) is 11.2. The molecule has 4 aromatic heterocycles. The van der Waals surface area contributed by atoms with Crippen LogP contribution in [0.4, 0.5) is 0 Å². The molecule has 0 unspecified atom stereocenters. The first kappa shape index (κ1) is 38.8. The lowest BCUT2D eigenvalue weighted by molar-refractivity contribution is 1.37. The van der Waals surface area contributed by atoms with Crippen molar-refractivity contribution < 1.29 is 0 Å². The number of nitrogens with zero attached hydrogens (tertiary/aromatic N) is 4. The van der Waals surface area contributed by atoms with E-state index in [-0.39, 0.29) is 0 Å². The molecule has 362 valence electrons.